The minimum Gasteiger partial charge on any atom is -0.463 e. The smallest absolute Gasteiger partial charge is 0.416 e. The number of halogens is 4. The summed E-state index contributed by atoms with van der Waals surface area (Å²) in [7, 11) is 0. The van der Waals surface area contributed by atoms with E-state index in [-0.39, 0.29) is 34.5 Å². The molecule has 0 atom stereocenters. The first kappa shape index (κ1) is 25.7. The monoisotopic (exact) mass is 487 g/mol. The first-order valence-corrected chi connectivity index (χ1v) is 9.62. The molecule has 2 rings (SSSR count). The van der Waals surface area contributed by atoms with Gasteiger partial charge in [0.15, 0.2) is 0 Å². The molecule has 0 aliphatic carbocycles. The number of benzene rings is 2. The van der Waals surface area contributed by atoms with Crippen LogP contribution in [-0.2, 0) is 20.4 Å². The Balaban J connectivity index is 2.37. The maximum atomic E-state index is 12.8. The summed E-state index contributed by atoms with van der Waals surface area (Å²) in [5.74, 6) is -2.33. The van der Waals surface area contributed by atoms with Crippen molar-refractivity contribution in [1.29, 1.82) is 0 Å². The lowest BCUT2D eigenvalue weighted by atomic mass is 10.1. The van der Waals surface area contributed by atoms with Crippen LogP contribution in [0.1, 0.15) is 36.7 Å². The number of nitro groups is 1. The summed E-state index contributed by atoms with van der Waals surface area (Å²) in [6.07, 6.45) is -4.61. The van der Waals surface area contributed by atoms with Gasteiger partial charge in [-0.1, -0.05) is 11.6 Å². The second-order valence-corrected chi connectivity index (χ2v) is 6.88. The van der Waals surface area contributed by atoms with E-state index in [2.05, 4.69) is 0 Å². The Hall–Kier alpha value is -3.60. The third-order valence-electron chi connectivity index (χ3n) is 4.23. The SMILES string of the molecule is CCOC(=O)/C(C)=C(\C)OC(=O)c1cc(Oc2ccc(C(F)(F)F)cc2Cl)ccc1[N+](=O)[O-]. The van der Waals surface area contributed by atoms with Crippen LogP contribution in [0.25, 0.3) is 0 Å². The molecule has 0 saturated carbocycles. The Bertz CT molecular complexity index is 1130. The summed E-state index contributed by atoms with van der Waals surface area (Å²) < 4.78 is 53.7. The highest BCUT2D eigenvalue weighted by molar-refractivity contribution is 6.32. The molecule has 2 aromatic carbocycles. The molecule has 8 nitrogen and oxygen atoms in total. The molecular formula is C21H17ClF3NO7. The first-order valence-electron chi connectivity index (χ1n) is 9.25. The molecule has 33 heavy (non-hydrogen) atoms. The molecule has 0 aliphatic heterocycles. The summed E-state index contributed by atoms with van der Waals surface area (Å²) in [5.41, 5.74) is -2.15. The van der Waals surface area contributed by atoms with Gasteiger partial charge in [-0.3, -0.25) is 10.1 Å². The molecule has 0 heterocycles. The van der Waals surface area contributed by atoms with Crippen LogP contribution in [0.3, 0.4) is 0 Å². The highest BCUT2D eigenvalue weighted by Gasteiger charge is 2.31. The molecule has 0 N–H and O–H groups in total. The van der Waals surface area contributed by atoms with Crippen LogP contribution in [0, 0.1) is 10.1 Å². The van der Waals surface area contributed by atoms with Crippen molar-refractivity contribution in [2.24, 2.45) is 0 Å². The van der Waals surface area contributed by atoms with Crippen molar-refractivity contribution in [2.75, 3.05) is 6.61 Å². The largest absolute Gasteiger partial charge is 0.463 e. The van der Waals surface area contributed by atoms with Gasteiger partial charge in [0.25, 0.3) is 5.69 Å². The molecule has 0 bridgehead atoms. The van der Waals surface area contributed by atoms with E-state index in [1.165, 1.54) is 13.8 Å². The van der Waals surface area contributed by atoms with Crippen molar-refractivity contribution in [1.82, 2.24) is 0 Å². The topological polar surface area (TPSA) is 105 Å². The Morgan fingerprint density at radius 1 is 1.12 bits per heavy atom. The Morgan fingerprint density at radius 2 is 1.79 bits per heavy atom. The van der Waals surface area contributed by atoms with E-state index in [1.807, 2.05) is 0 Å². The number of hydrogen-bond donors (Lipinski definition) is 0. The lowest BCUT2D eigenvalue weighted by molar-refractivity contribution is -0.385. The molecule has 0 radical (unpaired) electrons. The quantitative estimate of drug-likeness (QED) is 0.153. The first-order chi connectivity index (χ1) is 15.3. The van der Waals surface area contributed by atoms with Crippen molar-refractivity contribution < 1.29 is 41.9 Å². The number of alkyl halides is 3. The third-order valence-corrected chi connectivity index (χ3v) is 4.52. The average Bonchev–Trinajstić information content (AvgIpc) is 2.73. The van der Waals surface area contributed by atoms with Crippen LogP contribution in [-0.4, -0.2) is 23.5 Å². The summed E-state index contributed by atoms with van der Waals surface area (Å²) in [6, 6.07) is 5.44. The van der Waals surface area contributed by atoms with Crippen LogP contribution in [0.4, 0.5) is 18.9 Å². The van der Waals surface area contributed by atoms with Crippen LogP contribution >= 0.6 is 11.6 Å². The number of hydrogen-bond acceptors (Lipinski definition) is 7. The molecule has 0 spiro atoms. The van der Waals surface area contributed by atoms with Crippen molar-refractivity contribution in [3.8, 4) is 11.5 Å². The summed E-state index contributed by atoms with van der Waals surface area (Å²) in [4.78, 5) is 34.8. The molecule has 0 aromatic heterocycles. The number of allylic oxidation sites excluding steroid dienone is 1. The van der Waals surface area contributed by atoms with Gasteiger partial charge in [-0.2, -0.15) is 13.2 Å². The Labute approximate surface area is 190 Å². The fourth-order valence-corrected chi connectivity index (χ4v) is 2.66. The maximum absolute atomic E-state index is 12.8. The predicted molar refractivity (Wildman–Crippen MR) is 110 cm³/mol. The van der Waals surface area contributed by atoms with Gasteiger partial charge in [-0.25, -0.2) is 9.59 Å². The minimum atomic E-state index is -4.61. The lowest BCUT2D eigenvalue weighted by Gasteiger charge is -2.12. The molecule has 176 valence electrons. The minimum absolute atomic E-state index is 0.0169. The fourth-order valence-electron chi connectivity index (χ4n) is 2.44. The van der Waals surface area contributed by atoms with E-state index in [0.717, 1.165) is 30.3 Å². The van der Waals surface area contributed by atoms with Crippen LogP contribution in [0.15, 0.2) is 47.7 Å². The van der Waals surface area contributed by atoms with Gasteiger partial charge in [-0.15, -0.1) is 0 Å². The van der Waals surface area contributed by atoms with E-state index in [4.69, 9.17) is 25.8 Å². The van der Waals surface area contributed by atoms with Gasteiger partial charge < -0.3 is 14.2 Å². The number of rotatable bonds is 7. The maximum Gasteiger partial charge on any atom is 0.416 e. The zero-order valence-corrected chi connectivity index (χ0v) is 18.2. The Kier molecular flexibility index (Phi) is 8.04. The highest BCUT2D eigenvalue weighted by atomic mass is 35.5. The summed E-state index contributed by atoms with van der Waals surface area (Å²) in [5, 5.41) is 11.0. The van der Waals surface area contributed by atoms with E-state index in [1.54, 1.807) is 6.92 Å². The second-order valence-electron chi connectivity index (χ2n) is 6.47. The van der Waals surface area contributed by atoms with E-state index >= 15 is 0 Å². The number of carbonyl (C=O) groups is 2. The van der Waals surface area contributed by atoms with Crippen LogP contribution in [0.5, 0.6) is 11.5 Å². The van der Waals surface area contributed by atoms with Gasteiger partial charge in [0.1, 0.15) is 22.8 Å². The van der Waals surface area contributed by atoms with Crippen molar-refractivity contribution in [3.05, 3.63) is 74.0 Å². The predicted octanol–water partition coefficient (Wildman–Crippen LogP) is 6.07. The Morgan fingerprint density at radius 3 is 2.33 bits per heavy atom. The van der Waals surface area contributed by atoms with E-state index in [9.17, 15) is 32.9 Å². The van der Waals surface area contributed by atoms with E-state index in [0.29, 0.717) is 6.07 Å². The molecule has 0 aliphatic rings. The zero-order valence-electron chi connectivity index (χ0n) is 17.5. The molecule has 0 unspecified atom stereocenters. The lowest BCUT2D eigenvalue weighted by Crippen LogP contribution is -2.12. The van der Waals surface area contributed by atoms with Crippen molar-refractivity contribution >= 4 is 29.2 Å². The number of ether oxygens (including phenoxy) is 3. The van der Waals surface area contributed by atoms with Gasteiger partial charge in [0.05, 0.1) is 27.7 Å². The standard InChI is InChI=1S/C21H17ClF3NO7/c1-4-31-19(27)11(2)12(3)32-20(28)15-10-14(6-7-17(15)26(29)30)33-18-8-5-13(9-16(18)22)21(23,24)25/h5-10H,4H2,1-3H3/b12-11+. The van der Waals surface area contributed by atoms with Gasteiger partial charge in [0, 0.05) is 12.1 Å². The third kappa shape index (κ3) is 6.45. The highest BCUT2D eigenvalue weighted by Crippen LogP contribution is 2.37. The zero-order chi connectivity index (χ0) is 24.9. The van der Waals surface area contributed by atoms with Gasteiger partial charge in [0.2, 0.25) is 0 Å². The van der Waals surface area contributed by atoms with Gasteiger partial charge in [-0.05, 0) is 45.0 Å². The van der Waals surface area contributed by atoms with Crippen LogP contribution < -0.4 is 4.74 Å². The molecule has 0 fully saturated rings. The molecule has 0 saturated heterocycles. The van der Waals surface area contributed by atoms with Crippen molar-refractivity contribution in [2.45, 2.75) is 26.9 Å². The molecular weight excluding hydrogens is 471 g/mol. The number of esters is 2. The molecule has 12 heteroatoms. The van der Waals surface area contributed by atoms with Gasteiger partial charge >= 0.3 is 18.1 Å². The summed E-state index contributed by atoms with van der Waals surface area (Å²) in [6.45, 7) is 4.33. The van der Waals surface area contributed by atoms with Crippen LogP contribution in [0.2, 0.25) is 5.02 Å². The van der Waals surface area contributed by atoms with E-state index < -0.39 is 39.9 Å². The average molecular weight is 488 g/mol. The fraction of sp³-hybridized carbons (Fsp3) is 0.238. The summed E-state index contributed by atoms with van der Waals surface area (Å²) >= 11 is 5.85. The molecule has 2 aromatic rings. The van der Waals surface area contributed by atoms with Crippen molar-refractivity contribution in [3.63, 3.8) is 0 Å². The molecule has 0 amide bonds. The number of nitrogens with zero attached hydrogens (tertiary/aromatic N) is 1. The number of carbonyl (C=O) groups excluding carboxylic acids is 2. The normalized spacial score (nSPS) is 12.0. The number of nitro benzene ring substituents is 1. The second kappa shape index (κ2) is 10.3.